The van der Waals surface area contributed by atoms with Gasteiger partial charge < -0.3 is 20.1 Å². The maximum absolute atomic E-state index is 12.0. The quantitative estimate of drug-likeness (QED) is 0.889. The van der Waals surface area contributed by atoms with Crippen molar-refractivity contribution in [2.45, 2.75) is 18.0 Å². The first-order valence-corrected chi connectivity index (χ1v) is 8.60. The van der Waals surface area contributed by atoms with Gasteiger partial charge in [-0.2, -0.15) is 0 Å². The molecule has 3 atom stereocenters. The summed E-state index contributed by atoms with van der Waals surface area (Å²) in [5, 5.41) is 12.9. The summed E-state index contributed by atoms with van der Waals surface area (Å²) >= 11 is 0. The fraction of sp³-hybridized carbons (Fsp3) is 0.350. The molecule has 2 aliphatic heterocycles. The molecular weight excluding hydrogens is 316 g/mol. The van der Waals surface area contributed by atoms with Crippen LogP contribution in [0.3, 0.4) is 0 Å². The minimum absolute atomic E-state index is 0.00708. The van der Waals surface area contributed by atoms with Crippen molar-refractivity contribution < 1.29 is 14.6 Å². The number of nitrogens with zero attached hydrogens (tertiary/aromatic N) is 1. The number of aliphatic hydroxyl groups excluding tert-OH is 1. The van der Waals surface area contributed by atoms with Crippen molar-refractivity contribution in [2.24, 2.45) is 0 Å². The molecule has 2 heterocycles. The second-order valence-electron chi connectivity index (χ2n) is 6.63. The number of hydrogen-bond acceptors (Lipinski definition) is 4. The highest BCUT2D eigenvalue weighted by Crippen LogP contribution is 2.41. The lowest BCUT2D eigenvalue weighted by molar-refractivity contribution is -0.153. The lowest BCUT2D eigenvalue weighted by Gasteiger charge is -2.57. The van der Waals surface area contributed by atoms with E-state index in [1.54, 1.807) is 7.11 Å². The Kier molecular flexibility index (Phi) is 4.19. The molecule has 2 aromatic carbocycles. The summed E-state index contributed by atoms with van der Waals surface area (Å²) in [7, 11) is 1.66. The van der Waals surface area contributed by atoms with Gasteiger partial charge in [-0.05, 0) is 28.8 Å². The van der Waals surface area contributed by atoms with Gasteiger partial charge in [-0.25, -0.2) is 0 Å². The smallest absolute Gasteiger partial charge is 0.237 e. The number of fused-ring (bicyclic) bond motifs is 1. The minimum Gasteiger partial charge on any atom is -0.497 e. The number of hydrogen-bond donors (Lipinski definition) is 2. The highest BCUT2D eigenvalue weighted by atomic mass is 16.5. The van der Waals surface area contributed by atoms with Crippen LogP contribution in [0.2, 0.25) is 0 Å². The van der Waals surface area contributed by atoms with Crippen molar-refractivity contribution in [1.82, 2.24) is 10.2 Å². The van der Waals surface area contributed by atoms with E-state index in [4.69, 9.17) is 4.74 Å². The maximum atomic E-state index is 12.0. The lowest BCUT2D eigenvalue weighted by Crippen LogP contribution is -2.72. The molecular formula is C20H22N2O3. The molecule has 0 bridgehead atoms. The largest absolute Gasteiger partial charge is 0.497 e. The molecule has 2 aromatic rings. The number of carbonyl (C=O) groups is 1. The summed E-state index contributed by atoms with van der Waals surface area (Å²) in [5.74, 6) is 1.11. The van der Waals surface area contributed by atoms with Gasteiger partial charge in [0.1, 0.15) is 5.75 Å². The van der Waals surface area contributed by atoms with Gasteiger partial charge in [0.25, 0.3) is 0 Å². The average molecular weight is 338 g/mol. The van der Waals surface area contributed by atoms with Gasteiger partial charge in [0.05, 0.1) is 32.3 Å². The van der Waals surface area contributed by atoms with Crippen molar-refractivity contribution >= 4 is 5.91 Å². The summed E-state index contributed by atoms with van der Waals surface area (Å²) in [6.45, 7) is 1.16. The van der Waals surface area contributed by atoms with Crippen LogP contribution >= 0.6 is 0 Å². The zero-order valence-electron chi connectivity index (χ0n) is 14.2. The van der Waals surface area contributed by atoms with Gasteiger partial charge >= 0.3 is 0 Å². The van der Waals surface area contributed by atoms with Crippen LogP contribution < -0.4 is 10.1 Å². The van der Waals surface area contributed by atoms with E-state index in [2.05, 4.69) is 29.6 Å². The topological polar surface area (TPSA) is 61.8 Å². The number of nitrogens with one attached hydrogen (secondary N) is 1. The number of methoxy groups -OCH3 is 1. The number of rotatable bonds is 4. The first kappa shape index (κ1) is 16.1. The zero-order valence-corrected chi connectivity index (χ0v) is 14.2. The average Bonchev–Trinajstić information content (AvgIpc) is 2.64. The molecule has 130 valence electrons. The molecule has 25 heavy (non-hydrogen) atoms. The van der Waals surface area contributed by atoms with E-state index in [1.807, 2.05) is 29.2 Å². The Morgan fingerprint density at radius 1 is 1.12 bits per heavy atom. The lowest BCUT2D eigenvalue weighted by atomic mass is 9.74. The Balaban J connectivity index is 1.56. The molecule has 1 amide bonds. The minimum atomic E-state index is -0.105. The van der Waals surface area contributed by atoms with Crippen molar-refractivity contribution in [3.8, 4) is 16.9 Å². The van der Waals surface area contributed by atoms with Gasteiger partial charge in [-0.1, -0.05) is 36.4 Å². The molecule has 5 heteroatoms. The second-order valence-corrected chi connectivity index (χ2v) is 6.63. The van der Waals surface area contributed by atoms with Crippen molar-refractivity contribution in [1.29, 1.82) is 0 Å². The molecule has 2 N–H and O–H groups in total. The van der Waals surface area contributed by atoms with E-state index in [-0.39, 0.29) is 30.5 Å². The summed E-state index contributed by atoms with van der Waals surface area (Å²) in [5.41, 5.74) is 3.45. The number of piperazine rings is 1. The van der Waals surface area contributed by atoms with Crippen LogP contribution in [0, 0.1) is 0 Å². The fourth-order valence-electron chi connectivity index (χ4n) is 4.09. The predicted molar refractivity (Wildman–Crippen MR) is 95.5 cm³/mol. The van der Waals surface area contributed by atoms with E-state index in [1.165, 1.54) is 5.56 Å². The highest BCUT2D eigenvalue weighted by molar-refractivity contribution is 5.81. The molecule has 2 saturated heterocycles. The number of benzene rings is 2. The third-order valence-corrected chi connectivity index (χ3v) is 5.37. The number of aliphatic hydroxyl groups is 1. The van der Waals surface area contributed by atoms with Crippen LogP contribution in [0.5, 0.6) is 5.75 Å². The molecule has 0 spiro atoms. The Morgan fingerprint density at radius 3 is 2.36 bits per heavy atom. The molecule has 0 unspecified atom stereocenters. The standard InChI is InChI=1S/C20H22N2O3/c1-25-16-8-6-14(7-9-16)13-2-4-15(5-3-13)20-17-10-21-11-19(24)22(17)18(20)12-23/h2-9,17-18,20-21,23H,10-12H2,1H3/t17-,18+,20-/m0/s1. The Hall–Kier alpha value is -2.37. The van der Waals surface area contributed by atoms with E-state index in [0.29, 0.717) is 6.54 Å². The second kappa shape index (κ2) is 6.50. The highest BCUT2D eigenvalue weighted by Gasteiger charge is 2.52. The number of ether oxygens (including phenoxy) is 1. The van der Waals surface area contributed by atoms with E-state index >= 15 is 0 Å². The maximum Gasteiger partial charge on any atom is 0.237 e. The van der Waals surface area contributed by atoms with Crippen LogP contribution in [0.1, 0.15) is 11.5 Å². The molecule has 0 aliphatic carbocycles. The molecule has 2 fully saturated rings. The first-order chi connectivity index (χ1) is 12.2. The van der Waals surface area contributed by atoms with Crippen molar-refractivity contribution in [2.75, 3.05) is 26.8 Å². The normalized spacial score (nSPS) is 25.3. The van der Waals surface area contributed by atoms with Crippen LogP contribution in [-0.4, -0.2) is 54.8 Å². The van der Waals surface area contributed by atoms with Gasteiger partial charge in [-0.3, -0.25) is 4.79 Å². The summed E-state index contributed by atoms with van der Waals surface area (Å²) in [6, 6.07) is 16.5. The monoisotopic (exact) mass is 338 g/mol. The molecule has 2 aliphatic rings. The third kappa shape index (κ3) is 2.69. The molecule has 4 rings (SSSR count). The fourth-order valence-corrected chi connectivity index (χ4v) is 4.09. The molecule has 5 nitrogen and oxygen atoms in total. The Bertz CT molecular complexity index is 752. The molecule has 0 aromatic heterocycles. The zero-order chi connectivity index (χ0) is 17.4. The van der Waals surface area contributed by atoms with Crippen molar-refractivity contribution in [3.05, 3.63) is 54.1 Å². The number of amides is 1. The third-order valence-electron chi connectivity index (χ3n) is 5.37. The van der Waals surface area contributed by atoms with Crippen LogP contribution in [0.25, 0.3) is 11.1 Å². The molecule has 0 radical (unpaired) electrons. The first-order valence-electron chi connectivity index (χ1n) is 8.60. The SMILES string of the molecule is COc1ccc(-c2ccc([C@@H]3[C@@H](CO)N4C(=O)CNC[C@@H]34)cc2)cc1. The van der Waals surface area contributed by atoms with Crippen LogP contribution in [0.4, 0.5) is 0 Å². The summed E-state index contributed by atoms with van der Waals surface area (Å²) < 4.78 is 5.20. The van der Waals surface area contributed by atoms with Crippen LogP contribution in [0.15, 0.2) is 48.5 Å². The van der Waals surface area contributed by atoms with E-state index in [9.17, 15) is 9.90 Å². The Labute approximate surface area is 147 Å². The van der Waals surface area contributed by atoms with Crippen LogP contribution in [-0.2, 0) is 4.79 Å². The van der Waals surface area contributed by atoms with Gasteiger partial charge in [-0.15, -0.1) is 0 Å². The summed E-state index contributed by atoms with van der Waals surface area (Å²) in [6.07, 6.45) is 0. The predicted octanol–water partition coefficient (Wildman–Crippen LogP) is 1.62. The Morgan fingerprint density at radius 2 is 1.76 bits per heavy atom. The van der Waals surface area contributed by atoms with Gasteiger partial charge in [0.15, 0.2) is 0 Å². The van der Waals surface area contributed by atoms with Crippen molar-refractivity contribution in [3.63, 3.8) is 0 Å². The van der Waals surface area contributed by atoms with Gasteiger partial charge in [0.2, 0.25) is 5.91 Å². The van der Waals surface area contributed by atoms with Gasteiger partial charge in [0, 0.05) is 12.5 Å². The summed E-state index contributed by atoms with van der Waals surface area (Å²) in [4.78, 5) is 13.9. The number of carbonyl (C=O) groups excluding carboxylic acids is 1. The van der Waals surface area contributed by atoms with E-state index in [0.717, 1.165) is 23.4 Å². The molecule has 0 saturated carbocycles. The van der Waals surface area contributed by atoms with E-state index < -0.39 is 0 Å².